The number of hydrogen-bond donors (Lipinski definition) is 0. The zero-order chi connectivity index (χ0) is 10.7. The lowest BCUT2D eigenvalue weighted by atomic mass is 10.1. The first-order chi connectivity index (χ1) is 6.54. The Morgan fingerprint density at radius 3 is 2.79 bits per heavy atom. The minimum absolute atomic E-state index is 0.0391. The van der Waals surface area contributed by atoms with Gasteiger partial charge in [-0.15, -0.1) is 0 Å². The van der Waals surface area contributed by atoms with Gasteiger partial charge < -0.3 is 4.74 Å². The molecule has 0 radical (unpaired) electrons. The van der Waals surface area contributed by atoms with Crippen molar-refractivity contribution < 1.29 is 13.9 Å². The molecule has 2 nitrogen and oxygen atoms in total. The Bertz CT molecular complexity index is 363. The predicted octanol–water partition coefficient (Wildman–Crippen LogP) is 2.61. The lowest BCUT2D eigenvalue weighted by molar-refractivity contribution is -0.139. The first-order valence-electron chi connectivity index (χ1n) is 4.06. The van der Waals surface area contributed by atoms with Crippen LogP contribution in [0.2, 0.25) is 0 Å². The van der Waals surface area contributed by atoms with Crippen molar-refractivity contribution in [2.24, 2.45) is 0 Å². The molecule has 0 aliphatic heterocycles. The van der Waals surface area contributed by atoms with E-state index in [1.54, 1.807) is 12.1 Å². The summed E-state index contributed by atoms with van der Waals surface area (Å²) in [4.78, 5) is 11.0. The van der Waals surface area contributed by atoms with Gasteiger partial charge in [-0.1, -0.05) is 6.07 Å². The SMILES string of the molecule is COC(=O)Cc1cc(C)cc(Br)c1F. The monoisotopic (exact) mass is 260 g/mol. The third-order valence-electron chi connectivity index (χ3n) is 1.81. The summed E-state index contributed by atoms with van der Waals surface area (Å²) in [6.45, 7) is 1.84. The lowest BCUT2D eigenvalue weighted by Crippen LogP contribution is -2.06. The molecule has 0 spiro atoms. The average molecular weight is 261 g/mol. The minimum atomic E-state index is -0.443. The standard InChI is InChI=1S/C10H10BrFO2/c1-6-3-7(5-9(13)14-2)10(12)8(11)4-6/h3-4H,5H2,1-2H3. The van der Waals surface area contributed by atoms with Crippen LogP contribution in [0.4, 0.5) is 4.39 Å². The highest BCUT2D eigenvalue weighted by molar-refractivity contribution is 9.10. The Balaban J connectivity index is 3.02. The first kappa shape index (κ1) is 11.2. The van der Waals surface area contributed by atoms with E-state index in [2.05, 4.69) is 20.7 Å². The predicted molar refractivity (Wildman–Crippen MR) is 54.6 cm³/mol. The summed E-state index contributed by atoms with van der Waals surface area (Å²) in [5.74, 6) is -0.845. The number of aryl methyl sites for hydroxylation is 1. The van der Waals surface area contributed by atoms with E-state index in [0.29, 0.717) is 10.0 Å². The summed E-state index contributed by atoms with van der Waals surface area (Å²) in [6, 6.07) is 3.30. The Kier molecular flexibility index (Phi) is 3.63. The summed E-state index contributed by atoms with van der Waals surface area (Å²) in [6.07, 6.45) is -0.0391. The molecular formula is C10H10BrFO2. The van der Waals surface area contributed by atoms with Gasteiger partial charge in [0.15, 0.2) is 0 Å². The van der Waals surface area contributed by atoms with Crippen molar-refractivity contribution in [3.05, 3.63) is 33.5 Å². The Morgan fingerprint density at radius 2 is 2.21 bits per heavy atom. The van der Waals surface area contributed by atoms with Gasteiger partial charge in [0, 0.05) is 5.56 Å². The summed E-state index contributed by atoms with van der Waals surface area (Å²) < 4.78 is 18.3. The zero-order valence-electron chi connectivity index (χ0n) is 7.93. The molecule has 0 N–H and O–H groups in total. The Labute approximate surface area is 90.2 Å². The molecule has 0 amide bonds. The number of methoxy groups -OCH3 is 1. The molecule has 0 bridgehead atoms. The molecule has 0 unspecified atom stereocenters. The van der Waals surface area contributed by atoms with E-state index in [-0.39, 0.29) is 6.42 Å². The maximum atomic E-state index is 13.4. The Hall–Kier alpha value is -0.900. The van der Waals surface area contributed by atoms with Crippen LogP contribution in [-0.4, -0.2) is 13.1 Å². The summed E-state index contributed by atoms with van der Waals surface area (Å²) >= 11 is 3.08. The molecule has 1 aromatic rings. The van der Waals surface area contributed by atoms with Crippen LogP contribution in [0.1, 0.15) is 11.1 Å². The fourth-order valence-electron chi connectivity index (χ4n) is 1.15. The second-order valence-corrected chi connectivity index (χ2v) is 3.83. The normalized spacial score (nSPS) is 10.0. The van der Waals surface area contributed by atoms with Crippen molar-refractivity contribution in [3.63, 3.8) is 0 Å². The highest BCUT2D eigenvalue weighted by atomic mass is 79.9. The minimum Gasteiger partial charge on any atom is -0.469 e. The quantitative estimate of drug-likeness (QED) is 0.765. The molecule has 0 saturated carbocycles. The number of carbonyl (C=O) groups is 1. The van der Waals surface area contributed by atoms with Gasteiger partial charge in [0.25, 0.3) is 0 Å². The second-order valence-electron chi connectivity index (χ2n) is 2.97. The molecule has 1 aromatic carbocycles. The third-order valence-corrected chi connectivity index (χ3v) is 2.39. The maximum Gasteiger partial charge on any atom is 0.310 e. The first-order valence-corrected chi connectivity index (χ1v) is 4.85. The van der Waals surface area contributed by atoms with Gasteiger partial charge in [0.1, 0.15) is 5.82 Å². The maximum absolute atomic E-state index is 13.4. The second kappa shape index (κ2) is 4.55. The van der Waals surface area contributed by atoms with Crippen LogP contribution < -0.4 is 0 Å². The molecule has 0 fully saturated rings. The van der Waals surface area contributed by atoms with E-state index in [1.165, 1.54) is 7.11 Å². The molecule has 0 heterocycles. The summed E-state index contributed by atoms with van der Waals surface area (Å²) in [5.41, 5.74) is 1.25. The molecule has 0 saturated heterocycles. The van der Waals surface area contributed by atoms with Gasteiger partial charge in [-0.3, -0.25) is 4.79 Å². The van der Waals surface area contributed by atoms with Gasteiger partial charge in [-0.2, -0.15) is 0 Å². The molecule has 1 rings (SSSR count). The molecule has 76 valence electrons. The van der Waals surface area contributed by atoms with E-state index in [0.717, 1.165) is 5.56 Å². The number of esters is 1. The molecule has 0 aliphatic rings. The van der Waals surface area contributed by atoms with Crippen molar-refractivity contribution in [1.82, 2.24) is 0 Å². The zero-order valence-corrected chi connectivity index (χ0v) is 9.52. The highest BCUT2D eigenvalue weighted by Crippen LogP contribution is 2.21. The third kappa shape index (κ3) is 2.54. The summed E-state index contributed by atoms with van der Waals surface area (Å²) in [7, 11) is 1.28. The van der Waals surface area contributed by atoms with Gasteiger partial charge in [0.2, 0.25) is 0 Å². The van der Waals surface area contributed by atoms with Crippen molar-refractivity contribution in [2.75, 3.05) is 7.11 Å². The highest BCUT2D eigenvalue weighted by Gasteiger charge is 2.11. The largest absolute Gasteiger partial charge is 0.469 e. The van der Waals surface area contributed by atoms with Gasteiger partial charge >= 0.3 is 5.97 Å². The van der Waals surface area contributed by atoms with Crippen LogP contribution in [0.3, 0.4) is 0 Å². The average Bonchev–Trinajstić information content (AvgIpc) is 2.13. The van der Waals surface area contributed by atoms with Crippen LogP contribution in [0.25, 0.3) is 0 Å². The van der Waals surface area contributed by atoms with E-state index >= 15 is 0 Å². The van der Waals surface area contributed by atoms with Crippen molar-refractivity contribution in [2.45, 2.75) is 13.3 Å². The fourth-order valence-corrected chi connectivity index (χ4v) is 1.77. The molecule has 0 aliphatic carbocycles. The summed E-state index contributed by atoms with van der Waals surface area (Å²) in [5, 5.41) is 0. The van der Waals surface area contributed by atoms with E-state index < -0.39 is 11.8 Å². The smallest absolute Gasteiger partial charge is 0.310 e. The number of hydrogen-bond acceptors (Lipinski definition) is 2. The van der Waals surface area contributed by atoms with Crippen molar-refractivity contribution >= 4 is 21.9 Å². The van der Waals surface area contributed by atoms with E-state index in [1.807, 2.05) is 6.92 Å². The number of ether oxygens (including phenoxy) is 1. The fraction of sp³-hybridized carbons (Fsp3) is 0.300. The molecule has 4 heteroatoms. The van der Waals surface area contributed by atoms with Crippen LogP contribution >= 0.6 is 15.9 Å². The number of halogens is 2. The van der Waals surface area contributed by atoms with E-state index in [9.17, 15) is 9.18 Å². The Morgan fingerprint density at radius 1 is 1.57 bits per heavy atom. The topological polar surface area (TPSA) is 26.3 Å². The molecule has 0 aromatic heterocycles. The van der Waals surface area contributed by atoms with Gasteiger partial charge in [-0.25, -0.2) is 4.39 Å². The van der Waals surface area contributed by atoms with Crippen LogP contribution in [0.15, 0.2) is 16.6 Å². The van der Waals surface area contributed by atoms with Crippen LogP contribution in [-0.2, 0) is 16.0 Å². The molecule has 0 atom stereocenters. The number of carbonyl (C=O) groups excluding carboxylic acids is 1. The van der Waals surface area contributed by atoms with Gasteiger partial charge in [0.05, 0.1) is 18.0 Å². The van der Waals surface area contributed by atoms with Crippen LogP contribution in [0, 0.1) is 12.7 Å². The van der Waals surface area contributed by atoms with Crippen LogP contribution in [0.5, 0.6) is 0 Å². The molecular weight excluding hydrogens is 251 g/mol. The number of rotatable bonds is 2. The van der Waals surface area contributed by atoms with E-state index in [4.69, 9.17) is 0 Å². The number of benzene rings is 1. The van der Waals surface area contributed by atoms with Crippen molar-refractivity contribution in [1.29, 1.82) is 0 Å². The lowest BCUT2D eigenvalue weighted by Gasteiger charge is -2.05. The van der Waals surface area contributed by atoms with Gasteiger partial charge in [-0.05, 0) is 34.5 Å². The van der Waals surface area contributed by atoms with Crippen molar-refractivity contribution in [3.8, 4) is 0 Å². The molecule has 14 heavy (non-hydrogen) atoms.